The summed E-state index contributed by atoms with van der Waals surface area (Å²) in [4.78, 5) is 25.3. The third kappa shape index (κ3) is 5.65. The number of hydrogen-bond donors (Lipinski definition) is 1. The molecule has 192 valence electrons. The van der Waals surface area contributed by atoms with Crippen molar-refractivity contribution in [2.75, 3.05) is 57.2 Å². The van der Waals surface area contributed by atoms with Crippen molar-refractivity contribution in [1.82, 2.24) is 14.9 Å². The lowest BCUT2D eigenvalue weighted by Gasteiger charge is -2.27. The van der Waals surface area contributed by atoms with Gasteiger partial charge in [-0.25, -0.2) is 9.97 Å². The SMILES string of the molecule is COc1cc(Nc2ncc(-c3ccccc3N(C)C(=O)CCN3CCOCC3)o2)ccc1-c1cnco1. The summed E-state index contributed by atoms with van der Waals surface area (Å²) in [5, 5.41) is 3.17. The number of carbonyl (C=O) groups is 1. The molecule has 0 radical (unpaired) electrons. The maximum atomic E-state index is 13.0. The molecule has 0 spiro atoms. The number of carbonyl (C=O) groups excluding carboxylic acids is 1. The average molecular weight is 504 g/mol. The molecule has 5 rings (SSSR count). The Hall–Kier alpha value is -4.15. The van der Waals surface area contributed by atoms with E-state index in [-0.39, 0.29) is 5.91 Å². The van der Waals surface area contributed by atoms with Crippen LogP contribution >= 0.6 is 0 Å². The van der Waals surface area contributed by atoms with E-state index < -0.39 is 0 Å². The molecule has 1 amide bonds. The Balaban J connectivity index is 1.29. The zero-order valence-electron chi connectivity index (χ0n) is 20.8. The van der Waals surface area contributed by atoms with Crippen molar-refractivity contribution >= 4 is 23.3 Å². The molecule has 10 nitrogen and oxygen atoms in total. The third-order valence-electron chi connectivity index (χ3n) is 6.31. The highest BCUT2D eigenvalue weighted by molar-refractivity contribution is 5.96. The number of amides is 1. The van der Waals surface area contributed by atoms with Crippen LogP contribution < -0.4 is 15.0 Å². The molecular formula is C27H29N5O5. The van der Waals surface area contributed by atoms with E-state index in [1.165, 1.54) is 6.39 Å². The number of methoxy groups -OCH3 is 1. The first-order chi connectivity index (χ1) is 18.1. The fourth-order valence-corrected chi connectivity index (χ4v) is 4.26. The van der Waals surface area contributed by atoms with Crippen molar-refractivity contribution in [1.29, 1.82) is 0 Å². The van der Waals surface area contributed by atoms with E-state index in [0.717, 1.165) is 35.6 Å². The lowest BCUT2D eigenvalue weighted by atomic mass is 10.1. The van der Waals surface area contributed by atoms with E-state index in [9.17, 15) is 4.79 Å². The van der Waals surface area contributed by atoms with Gasteiger partial charge in [-0.05, 0) is 24.3 Å². The van der Waals surface area contributed by atoms with E-state index in [0.29, 0.717) is 49.5 Å². The molecule has 0 atom stereocenters. The van der Waals surface area contributed by atoms with E-state index in [2.05, 4.69) is 20.2 Å². The molecule has 3 heterocycles. The molecule has 0 aliphatic carbocycles. The minimum atomic E-state index is 0.0377. The molecule has 1 aliphatic rings. The fraction of sp³-hybridized carbons (Fsp3) is 0.296. The Kier molecular flexibility index (Phi) is 7.48. The Morgan fingerprint density at radius 2 is 1.95 bits per heavy atom. The second-order valence-electron chi connectivity index (χ2n) is 8.61. The summed E-state index contributed by atoms with van der Waals surface area (Å²) in [5.41, 5.74) is 3.06. The van der Waals surface area contributed by atoms with Crippen molar-refractivity contribution < 1.29 is 23.1 Å². The summed E-state index contributed by atoms with van der Waals surface area (Å²) in [6.45, 7) is 3.86. The van der Waals surface area contributed by atoms with Crippen LogP contribution in [0.25, 0.3) is 22.6 Å². The van der Waals surface area contributed by atoms with Crippen molar-refractivity contribution in [3.8, 4) is 28.4 Å². The molecule has 4 aromatic rings. The minimum Gasteiger partial charge on any atom is -0.496 e. The van der Waals surface area contributed by atoms with Gasteiger partial charge >= 0.3 is 0 Å². The highest BCUT2D eigenvalue weighted by atomic mass is 16.5. The van der Waals surface area contributed by atoms with E-state index in [4.69, 9.17) is 18.3 Å². The van der Waals surface area contributed by atoms with Crippen LogP contribution in [0.4, 0.5) is 17.4 Å². The number of nitrogens with zero attached hydrogens (tertiary/aromatic N) is 4. The van der Waals surface area contributed by atoms with Gasteiger partial charge in [0, 0.05) is 50.4 Å². The second-order valence-corrected chi connectivity index (χ2v) is 8.61. The molecule has 2 aromatic heterocycles. The lowest BCUT2D eigenvalue weighted by Crippen LogP contribution is -2.39. The van der Waals surface area contributed by atoms with Crippen LogP contribution in [0.5, 0.6) is 5.75 Å². The lowest BCUT2D eigenvalue weighted by molar-refractivity contribution is -0.118. The van der Waals surface area contributed by atoms with Gasteiger partial charge in [-0.2, -0.15) is 0 Å². The molecule has 0 saturated carbocycles. The second kappa shape index (κ2) is 11.3. The first kappa shape index (κ1) is 24.5. The van der Waals surface area contributed by atoms with Gasteiger partial charge in [0.25, 0.3) is 6.01 Å². The van der Waals surface area contributed by atoms with Gasteiger partial charge in [0.15, 0.2) is 17.9 Å². The largest absolute Gasteiger partial charge is 0.496 e. The highest BCUT2D eigenvalue weighted by Crippen LogP contribution is 2.35. The van der Waals surface area contributed by atoms with Crippen molar-refractivity contribution in [2.45, 2.75) is 6.42 Å². The number of oxazole rings is 2. The fourth-order valence-electron chi connectivity index (χ4n) is 4.26. The van der Waals surface area contributed by atoms with Crippen LogP contribution in [0.2, 0.25) is 0 Å². The summed E-state index contributed by atoms with van der Waals surface area (Å²) >= 11 is 0. The Bertz CT molecular complexity index is 1330. The van der Waals surface area contributed by atoms with Gasteiger partial charge in [0.2, 0.25) is 5.91 Å². The van der Waals surface area contributed by atoms with Crippen LogP contribution in [0.1, 0.15) is 6.42 Å². The molecule has 1 N–H and O–H groups in total. The number of morpholine rings is 1. The normalized spacial score (nSPS) is 13.9. The first-order valence-corrected chi connectivity index (χ1v) is 12.1. The molecule has 0 unspecified atom stereocenters. The zero-order valence-corrected chi connectivity index (χ0v) is 20.8. The van der Waals surface area contributed by atoms with Crippen LogP contribution in [0.3, 0.4) is 0 Å². The maximum Gasteiger partial charge on any atom is 0.299 e. The van der Waals surface area contributed by atoms with Crippen molar-refractivity contribution in [3.63, 3.8) is 0 Å². The highest BCUT2D eigenvalue weighted by Gasteiger charge is 2.20. The average Bonchev–Trinajstić information content (AvgIpc) is 3.65. The van der Waals surface area contributed by atoms with Gasteiger partial charge in [-0.3, -0.25) is 9.69 Å². The van der Waals surface area contributed by atoms with Gasteiger partial charge in [0.1, 0.15) is 5.75 Å². The van der Waals surface area contributed by atoms with E-state index in [1.807, 2.05) is 42.5 Å². The number of nitrogens with one attached hydrogen (secondary N) is 1. The molecule has 2 aromatic carbocycles. The van der Waals surface area contributed by atoms with Crippen LogP contribution in [-0.2, 0) is 9.53 Å². The quantitative estimate of drug-likeness (QED) is 0.355. The summed E-state index contributed by atoms with van der Waals surface area (Å²) in [6, 6.07) is 13.5. The number of para-hydroxylation sites is 1. The Morgan fingerprint density at radius 1 is 1.11 bits per heavy atom. The van der Waals surface area contributed by atoms with Gasteiger partial charge < -0.3 is 28.5 Å². The number of ether oxygens (including phenoxy) is 2. The van der Waals surface area contributed by atoms with Gasteiger partial charge in [0.05, 0.1) is 44.0 Å². The number of benzene rings is 2. The van der Waals surface area contributed by atoms with Crippen molar-refractivity contribution in [2.24, 2.45) is 0 Å². The minimum absolute atomic E-state index is 0.0377. The molecule has 0 bridgehead atoms. The summed E-state index contributed by atoms with van der Waals surface area (Å²) in [6.07, 6.45) is 5.09. The first-order valence-electron chi connectivity index (χ1n) is 12.1. The number of hydrogen-bond acceptors (Lipinski definition) is 9. The van der Waals surface area contributed by atoms with Crippen molar-refractivity contribution in [3.05, 3.63) is 61.3 Å². The number of rotatable bonds is 9. The molecule has 10 heteroatoms. The smallest absolute Gasteiger partial charge is 0.299 e. The molecule has 37 heavy (non-hydrogen) atoms. The van der Waals surface area contributed by atoms with Gasteiger partial charge in [-0.15, -0.1) is 0 Å². The molecule has 1 fully saturated rings. The Morgan fingerprint density at radius 3 is 2.73 bits per heavy atom. The number of anilines is 3. The number of aromatic nitrogens is 2. The molecule has 1 saturated heterocycles. The van der Waals surface area contributed by atoms with E-state index in [1.54, 1.807) is 31.5 Å². The standard InChI is InChI=1S/C27H29N5O5/c1-31(26(33)9-10-32-11-13-35-14-12-32)22-6-4-3-5-20(22)25-17-29-27(37-25)30-19-7-8-21(23(15-19)34-2)24-16-28-18-36-24/h3-8,15-18H,9-14H2,1-2H3,(H,29,30). The predicted octanol–water partition coefficient (Wildman–Crippen LogP) is 4.43. The summed E-state index contributed by atoms with van der Waals surface area (Å²) in [7, 11) is 3.39. The molecular weight excluding hydrogens is 474 g/mol. The topological polar surface area (TPSA) is 106 Å². The summed E-state index contributed by atoms with van der Waals surface area (Å²) < 4.78 is 22.3. The molecule has 1 aliphatic heterocycles. The third-order valence-corrected chi connectivity index (χ3v) is 6.31. The maximum absolute atomic E-state index is 13.0. The van der Waals surface area contributed by atoms with E-state index >= 15 is 0 Å². The predicted molar refractivity (Wildman–Crippen MR) is 139 cm³/mol. The van der Waals surface area contributed by atoms with Gasteiger partial charge in [-0.1, -0.05) is 12.1 Å². The van der Waals surface area contributed by atoms with Crippen LogP contribution in [-0.4, -0.2) is 67.8 Å². The summed E-state index contributed by atoms with van der Waals surface area (Å²) in [5.74, 6) is 1.82. The zero-order chi connectivity index (χ0) is 25.6. The Labute approximate surface area is 214 Å². The van der Waals surface area contributed by atoms with Crippen LogP contribution in [0, 0.1) is 0 Å². The monoisotopic (exact) mass is 503 g/mol. The van der Waals surface area contributed by atoms with Crippen LogP contribution in [0.15, 0.2) is 70.1 Å².